The Hall–Kier alpha value is -0.820. The number of hydrogen-bond acceptors (Lipinski definition) is 4. The number of sulfone groups is 1. The molecule has 0 bridgehead atoms. The van der Waals surface area contributed by atoms with Gasteiger partial charge in [0.1, 0.15) is 5.76 Å². The molecule has 0 aromatic carbocycles. The molecule has 1 aliphatic carbocycles. The Morgan fingerprint density at radius 2 is 1.96 bits per heavy atom. The number of carbonyl (C=O) groups is 1. The second-order valence-corrected chi connectivity index (χ2v) is 11.1. The van der Waals surface area contributed by atoms with Crippen LogP contribution in [0.2, 0.25) is 0 Å². The van der Waals surface area contributed by atoms with Gasteiger partial charge in [0.25, 0.3) is 0 Å². The molecule has 0 N–H and O–H groups in total. The van der Waals surface area contributed by atoms with Gasteiger partial charge in [-0.1, -0.05) is 26.2 Å². The van der Waals surface area contributed by atoms with E-state index in [9.17, 15) is 13.2 Å². The van der Waals surface area contributed by atoms with E-state index in [1.807, 2.05) is 12.1 Å². The third-order valence-electron chi connectivity index (χ3n) is 6.05. The van der Waals surface area contributed by atoms with Crippen LogP contribution in [0.5, 0.6) is 0 Å². The number of carbonyl (C=O) groups excluding carboxylic acids is 1. The number of nitrogens with zero attached hydrogens (tertiary/aromatic N) is 1. The lowest BCUT2D eigenvalue weighted by atomic mass is 9.79. The highest BCUT2D eigenvalue weighted by molar-refractivity contribution is 9.10. The van der Waals surface area contributed by atoms with Crippen LogP contribution >= 0.6 is 15.9 Å². The lowest BCUT2D eigenvalue weighted by molar-refractivity contribution is -0.139. The van der Waals surface area contributed by atoms with Crippen LogP contribution in [0.3, 0.4) is 0 Å². The van der Waals surface area contributed by atoms with Crippen molar-refractivity contribution in [2.45, 2.75) is 70.9 Å². The van der Waals surface area contributed by atoms with Crippen molar-refractivity contribution in [2.75, 3.05) is 11.5 Å². The van der Waals surface area contributed by atoms with Crippen molar-refractivity contribution in [2.24, 2.45) is 11.8 Å². The van der Waals surface area contributed by atoms with Crippen LogP contribution in [0.4, 0.5) is 0 Å². The minimum absolute atomic E-state index is 0.0181. The molecule has 5 nitrogen and oxygen atoms in total. The minimum Gasteiger partial charge on any atom is -0.452 e. The summed E-state index contributed by atoms with van der Waals surface area (Å²) in [5.41, 5.74) is 0. The van der Waals surface area contributed by atoms with Gasteiger partial charge >= 0.3 is 0 Å². The number of unbranched alkanes of at least 4 members (excludes halogenated alkanes) is 1. The Labute approximate surface area is 170 Å². The smallest absolute Gasteiger partial charge is 0.226 e. The molecule has 152 valence electrons. The monoisotopic (exact) mass is 459 g/mol. The summed E-state index contributed by atoms with van der Waals surface area (Å²) in [5.74, 6) is 1.81. The molecule has 1 saturated heterocycles. The van der Waals surface area contributed by atoms with E-state index < -0.39 is 9.84 Å². The van der Waals surface area contributed by atoms with Crippen LogP contribution in [-0.4, -0.2) is 36.8 Å². The van der Waals surface area contributed by atoms with Gasteiger partial charge in [0.2, 0.25) is 5.91 Å². The summed E-state index contributed by atoms with van der Waals surface area (Å²) in [6, 6.07) is 3.42. The molecule has 2 heterocycles. The van der Waals surface area contributed by atoms with Crippen molar-refractivity contribution in [1.29, 1.82) is 0 Å². The zero-order valence-corrected chi connectivity index (χ0v) is 18.4. The summed E-state index contributed by atoms with van der Waals surface area (Å²) in [7, 11) is -3.04. The molecule has 1 aliphatic heterocycles. The maximum Gasteiger partial charge on any atom is 0.226 e. The van der Waals surface area contributed by atoms with Gasteiger partial charge in [-0.05, 0) is 66.1 Å². The predicted octanol–water partition coefficient (Wildman–Crippen LogP) is 4.55. The van der Waals surface area contributed by atoms with E-state index >= 15 is 0 Å². The maximum absolute atomic E-state index is 13.3. The first kappa shape index (κ1) is 20.9. The van der Waals surface area contributed by atoms with E-state index in [4.69, 9.17) is 4.42 Å². The lowest BCUT2D eigenvalue weighted by Gasteiger charge is -2.34. The van der Waals surface area contributed by atoms with Gasteiger partial charge in [0.05, 0.1) is 18.1 Å². The Balaban J connectivity index is 1.67. The number of furan rings is 1. The van der Waals surface area contributed by atoms with Crippen LogP contribution in [0, 0.1) is 11.8 Å². The molecule has 27 heavy (non-hydrogen) atoms. The molecule has 0 spiro atoms. The summed E-state index contributed by atoms with van der Waals surface area (Å²) < 4.78 is 30.2. The number of amides is 1. The lowest BCUT2D eigenvalue weighted by Crippen LogP contribution is -2.44. The van der Waals surface area contributed by atoms with Crippen LogP contribution in [0.25, 0.3) is 0 Å². The van der Waals surface area contributed by atoms with Crippen LogP contribution in [0.1, 0.15) is 64.1 Å². The Morgan fingerprint density at radius 3 is 2.52 bits per heavy atom. The van der Waals surface area contributed by atoms with E-state index in [1.165, 1.54) is 19.3 Å². The summed E-state index contributed by atoms with van der Waals surface area (Å²) in [5, 5.41) is 0. The third kappa shape index (κ3) is 5.59. The molecular formula is C20H30BrNO4S. The van der Waals surface area contributed by atoms with E-state index in [2.05, 4.69) is 22.9 Å². The number of rotatable bonds is 7. The normalized spacial score (nSPS) is 27.6. The van der Waals surface area contributed by atoms with Gasteiger partial charge in [-0.3, -0.25) is 4.79 Å². The molecule has 2 aliphatic rings. The number of halogens is 1. The molecule has 1 amide bonds. The molecule has 7 heteroatoms. The van der Waals surface area contributed by atoms with Gasteiger partial charge in [-0.25, -0.2) is 8.42 Å². The Morgan fingerprint density at radius 1 is 1.22 bits per heavy atom. The quantitative estimate of drug-likeness (QED) is 0.599. The zero-order valence-electron chi connectivity index (χ0n) is 16.0. The summed E-state index contributed by atoms with van der Waals surface area (Å²) in [6.07, 6.45) is 8.35. The van der Waals surface area contributed by atoms with E-state index in [-0.39, 0.29) is 29.4 Å². The Kier molecular flexibility index (Phi) is 7.06. The van der Waals surface area contributed by atoms with Crippen molar-refractivity contribution < 1.29 is 17.6 Å². The van der Waals surface area contributed by atoms with Gasteiger partial charge in [0, 0.05) is 12.0 Å². The van der Waals surface area contributed by atoms with Crippen molar-refractivity contribution in [3.8, 4) is 0 Å². The highest BCUT2D eigenvalue weighted by Crippen LogP contribution is 2.34. The van der Waals surface area contributed by atoms with Crippen molar-refractivity contribution in [3.05, 3.63) is 22.6 Å². The van der Waals surface area contributed by atoms with Crippen molar-refractivity contribution in [3.63, 3.8) is 0 Å². The van der Waals surface area contributed by atoms with Gasteiger partial charge in [0.15, 0.2) is 14.5 Å². The first-order chi connectivity index (χ1) is 12.9. The van der Waals surface area contributed by atoms with Gasteiger partial charge < -0.3 is 9.32 Å². The molecule has 1 atom stereocenters. The summed E-state index contributed by atoms with van der Waals surface area (Å²) >= 11 is 3.30. The van der Waals surface area contributed by atoms with Gasteiger partial charge in [-0.2, -0.15) is 0 Å². The third-order valence-corrected chi connectivity index (χ3v) is 8.23. The largest absolute Gasteiger partial charge is 0.452 e. The SMILES string of the molecule is CCCCC1CCC(C(=O)N(Cc2ccc(Br)o2)[C@@H]2CCS(=O)(=O)C2)CC1. The van der Waals surface area contributed by atoms with E-state index in [0.717, 1.165) is 31.6 Å². The average molecular weight is 460 g/mol. The standard InChI is InChI=1S/C20H30BrNO4S/c1-2-3-4-15-5-7-16(8-6-15)20(23)22(13-18-9-10-19(21)26-18)17-11-12-27(24,25)14-17/h9-10,15-17H,2-8,11-14H2,1H3/t15?,16?,17-/m1/s1. The summed E-state index contributed by atoms with van der Waals surface area (Å²) in [4.78, 5) is 15.1. The highest BCUT2D eigenvalue weighted by Gasteiger charge is 2.38. The fourth-order valence-corrected chi connectivity index (χ4v) is 6.51. The molecule has 2 fully saturated rings. The first-order valence-electron chi connectivity index (χ1n) is 10.1. The fraction of sp³-hybridized carbons (Fsp3) is 0.750. The fourth-order valence-electron chi connectivity index (χ4n) is 4.44. The van der Waals surface area contributed by atoms with Crippen LogP contribution < -0.4 is 0 Å². The van der Waals surface area contributed by atoms with Crippen molar-refractivity contribution in [1.82, 2.24) is 4.90 Å². The predicted molar refractivity (Wildman–Crippen MR) is 109 cm³/mol. The minimum atomic E-state index is -3.04. The van der Waals surface area contributed by atoms with E-state index in [1.54, 1.807) is 4.90 Å². The topological polar surface area (TPSA) is 67.6 Å². The highest BCUT2D eigenvalue weighted by atomic mass is 79.9. The molecule has 1 aromatic rings. The molecule has 0 unspecified atom stereocenters. The maximum atomic E-state index is 13.3. The molecular weight excluding hydrogens is 430 g/mol. The van der Waals surface area contributed by atoms with Crippen LogP contribution in [0.15, 0.2) is 21.2 Å². The number of hydrogen-bond donors (Lipinski definition) is 0. The van der Waals surface area contributed by atoms with E-state index in [0.29, 0.717) is 23.4 Å². The molecule has 1 saturated carbocycles. The first-order valence-corrected chi connectivity index (χ1v) is 12.7. The Bertz CT molecular complexity index is 737. The van der Waals surface area contributed by atoms with Crippen LogP contribution in [-0.2, 0) is 21.2 Å². The molecule has 3 rings (SSSR count). The molecule has 1 aromatic heterocycles. The summed E-state index contributed by atoms with van der Waals surface area (Å²) in [6.45, 7) is 2.57. The molecule has 0 radical (unpaired) electrons. The zero-order chi connectivity index (χ0) is 19.4. The second-order valence-electron chi connectivity index (χ2n) is 8.09. The second kappa shape index (κ2) is 9.12. The average Bonchev–Trinajstić information content (AvgIpc) is 3.22. The van der Waals surface area contributed by atoms with Gasteiger partial charge in [-0.15, -0.1) is 0 Å². The van der Waals surface area contributed by atoms with Crippen molar-refractivity contribution >= 4 is 31.7 Å².